The highest BCUT2D eigenvalue weighted by Gasteiger charge is 2.32. The number of nitrogens with one attached hydrogen (secondary N) is 1. The Hall–Kier alpha value is -5.41. The third kappa shape index (κ3) is 6.23. The molecule has 1 amide bonds. The fourth-order valence-corrected chi connectivity index (χ4v) is 6.51. The number of benzene rings is 4. The van der Waals surface area contributed by atoms with E-state index >= 15 is 0 Å². The van der Waals surface area contributed by atoms with Gasteiger partial charge in [0.1, 0.15) is 23.9 Å². The number of hydrogen-bond donors (Lipinski definition) is 1. The normalized spacial score (nSPS) is 14.3. The zero-order valence-electron chi connectivity index (χ0n) is 25.9. The van der Waals surface area contributed by atoms with Crippen LogP contribution in [0.4, 0.5) is 5.69 Å². The van der Waals surface area contributed by atoms with E-state index in [-0.39, 0.29) is 11.5 Å². The maximum atomic E-state index is 14.2. The molecule has 1 aromatic heterocycles. The second-order valence-corrected chi connectivity index (χ2v) is 11.8. The van der Waals surface area contributed by atoms with Crippen LogP contribution in [-0.4, -0.2) is 24.7 Å². The maximum absolute atomic E-state index is 14.2. The molecule has 0 fully saturated rings. The van der Waals surface area contributed by atoms with Gasteiger partial charge in [-0.2, -0.15) is 0 Å². The number of aromatic nitrogens is 1. The van der Waals surface area contributed by atoms with Gasteiger partial charge >= 0.3 is 0 Å². The standard InChI is InChI=1S/C37H33N3O5S/c1-23-10-8-9-13-30(23)45-22-27-20-25(14-19-31(27)44-4)21-32-36(42)40-34(26-15-17-29(43-3)18-16-26)33(24(2)38-37(40)46-32)35(41)39-28-11-6-5-7-12-28/h5-21,34H,22H2,1-4H3,(H,39,41)/t34-/m1/s1. The van der Waals surface area contributed by atoms with Crippen LogP contribution >= 0.6 is 11.3 Å². The topological polar surface area (TPSA) is 91.2 Å². The van der Waals surface area contributed by atoms with Gasteiger partial charge in [-0.15, -0.1) is 0 Å². The van der Waals surface area contributed by atoms with Crippen LogP contribution in [0.3, 0.4) is 0 Å². The Morgan fingerprint density at radius 3 is 2.37 bits per heavy atom. The van der Waals surface area contributed by atoms with Crippen LogP contribution in [0.15, 0.2) is 118 Å². The molecule has 5 aromatic rings. The molecule has 2 heterocycles. The number of ether oxygens (including phenoxy) is 3. The van der Waals surface area contributed by atoms with Gasteiger partial charge in [0, 0.05) is 11.3 Å². The summed E-state index contributed by atoms with van der Waals surface area (Å²) >= 11 is 1.29. The fraction of sp³-hybridized carbons (Fsp3) is 0.162. The van der Waals surface area contributed by atoms with Crippen LogP contribution in [0.25, 0.3) is 6.08 Å². The number of allylic oxidation sites excluding steroid dienone is 1. The summed E-state index contributed by atoms with van der Waals surface area (Å²) < 4.78 is 19.2. The summed E-state index contributed by atoms with van der Waals surface area (Å²) in [4.78, 5) is 33.2. The van der Waals surface area contributed by atoms with E-state index in [1.54, 1.807) is 25.7 Å². The van der Waals surface area contributed by atoms with E-state index in [1.807, 2.05) is 110 Å². The maximum Gasteiger partial charge on any atom is 0.271 e. The molecule has 1 N–H and O–H groups in total. The lowest BCUT2D eigenvalue weighted by Crippen LogP contribution is -2.40. The second kappa shape index (κ2) is 13.3. The lowest BCUT2D eigenvalue weighted by molar-refractivity contribution is -0.113. The van der Waals surface area contributed by atoms with Gasteiger partial charge in [-0.25, -0.2) is 4.99 Å². The largest absolute Gasteiger partial charge is 0.497 e. The van der Waals surface area contributed by atoms with Crippen molar-refractivity contribution in [2.45, 2.75) is 26.5 Å². The van der Waals surface area contributed by atoms with Crippen molar-refractivity contribution in [1.82, 2.24) is 4.57 Å². The van der Waals surface area contributed by atoms with Gasteiger partial charge in [0.25, 0.3) is 11.5 Å². The first kappa shape index (κ1) is 30.6. The molecule has 0 spiro atoms. The summed E-state index contributed by atoms with van der Waals surface area (Å²) in [6.45, 7) is 4.10. The average Bonchev–Trinajstić information content (AvgIpc) is 3.37. The Balaban J connectivity index is 1.41. The average molecular weight is 632 g/mol. The Labute approximate surface area is 270 Å². The Morgan fingerprint density at radius 1 is 0.913 bits per heavy atom. The monoisotopic (exact) mass is 631 g/mol. The van der Waals surface area contributed by atoms with Crippen molar-refractivity contribution in [3.05, 3.63) is 150 Å². The van der Waals surface area contributed by atoms with E-state index in [4.69, 9.17) is 19.2 Å². The molecule has 4 aromatic carbocycles. The summed E-state index contributed by atoms with van der Waals surface area (Å²) in [6.07, 6.45) is 1.84. The van der Waals surface area contributed by atoms with Gasteiger partial charge in [-0.05, 0) is 79.1 Å². The fourth-order valence-electron chi connectivity index (χ4n) is 5.46. The Morgan fingerprint density at radius 2 is 1.65 bits per heavy atom. The summed E-state index contributed by atoms with van der Waals surface area (Å²) in [7, 11) is 3.22. The van der Waals surface area contributed by atoms with Crippen LogP contribution in [-0.2, 0) is 11.4 Å². The number of carbonyl (C=O) groups is 1. The molecule has 0 saturated heterocycles. The number of nitrogens with zero attached hydrogens (tertiary/aromatic N) is 2. The van der Waals surface area contributed by atoms with Crippen LogP contribution in [0.1, 0.15) is 35.2 Å². The first-order valence-corrected chi connectivity index (χ1v) is 15.6. The van der Waals surface area contributed by atoms with Crippen molar-refractivity contribution in [2.24, 2.45) is 4.99 Å². The highest BCUT2D eigenvalue weighted by atomic mass is 32.1. The van der Waals surface area contributed by atoms with Crippen LogP contribution in [0.5, 0.6) is 17.2 Å². The zero-order valence-corrected chi connectivity index (χ0v) is 26.8. The minimum Gasteiger partial charge on any atom is -0.497 e. The number of thiazole rings is 1. The molecule has 6 rings (SSSR count). The number of rotatable bonds is 9. The quantitative estimate of drug-likeness (QED) is 0.223. The molecule has 1 aliphatic heterocycles. The molecule has 0 bridgehead atoms. The Bertz CT molecular complexity index is 2120. The summed E-state index contributed by atoms with van der Waals surface area (Å²) in [5.41, 5.74) is 4.82. The molecule has 8 nitrogen and oxygen atoms in total. The van der Waals surface area contributed by atoms with Crippen molar-refractivity contribution < 1.29 is 19.0 Å². The SMILES string of the molecule is COc1ccc([C@@H]2C(C(=O)Nc3ccccc3)=C(C)N=c3sc(=Cc4ccc(OC)c(COc5ccccc5C)c4)c(=O)n32)cc1. The second-order valence-electron chi connectivity index (χ2n) is 10.8. The zero-order chi connectivity index (χ0) is 32.2. The summed E-state index contributed by atoms with van der Waals surface area (Å²) in [5, 5.41) is 2.98. The molecule has 232 valence electrons. The predicted octanol–water partition coefficient (Wildman–Crippen LogP) is 5.78. The first-order valence-electron chi connectivity index (χ1n) is 14.7. The van der Waals surface area contributed by atoms with E-state index in [2.05, 4.69) is 5.32 Å². The number of amides is 1. The van der Waals surface area contributed by atoms with E-state index in [1.165, 1.54) is 11.3 Å². The smallest absolute Gasteiger partial charge is 0.271 e. The molecule has 46 heavy (non-hydrogen) atoms. The number of hydrogen-bond acceptors (Lipinski definition) is 7. The highest BCUT2D eigenvalue weighted by Crippen LogP contribution is 2.32. The predicted molar refractivity (Wildman–Crippen MR) is 180 cm³/mol. The molecule has 0 saturated carbocycles. The highest BCUT2D eigenvalue weighted by molar-refractivity contribution is 7.07. The molecule has 0 aliphatic carbocycles. The van der Waals surface area contributed by atoms with Crippen molar-refractivity contribution in [1.29, 1.82) is 0 Å². The van der Waals surface area contributed by atoms with Crippen molar-refractivity contribution >= 4 is 29.0 Å². The minimum absolute atomic E-state index is 0.240. The number of para-hydroxylation sites is 2. The molecular weight excluding hydrogens is 598 g/mol. The van der Waals surface area contributed by atoms with Crippen LogP contribution in [0, 0.1) is 6.92 Å². The van der Waals surface area contributed by atoms with Gasteiger partial charge in [-0.1, -0.05) is 65.9 Å². The van der Waals surface area contributed by atoms with E-state index < -0.39 is 6.04 Å². The van der Waals surface area contributed by atoms with Crippen molar-refractivity contribution in [3.8, 4) is 17.2 Å². The van der Waals surface area contributed by atoms with Crippen molar-refractivity contribution in [2.75, 3.05) is 19.5 Å². The number of fused-ring (bicyclic) bond motifs is 1. The van der Waals surface area contributed by atoms with Gasteiger partial charge in [0.15, 0.2) is 4.80 Å². The van der Waals surface area contributed by atoms with Gasteiger partial charge in [0.2, 0.25) is 0 Å². The lowest BCUT2D eigenvalue weighted by Gasteiger charge is -2.25. The molecular formula is C37H33N3O5S. The third-order valence-corrected chi connectivity index (χ3v) is 8.79. The van der Waals surface area contributed by atoms with Gasteiger partial charge in [0.05, 0.1) is 36.1 Å². The van der Waals surface area contributed by atoms with E-state index in [0.29, 0.717) is 44.4 Å². The van der Waals surface area contributed by atoms with Crippen LogP contribution < -0.4 is 34.4 Å². The third-order valence-electron chi connectivity index (χ3n) is 7.81. The molecule has 0 radical (unpaired) electrons. The van der Waals surface area contributed by atoms with Gasteiger partial charge in [-0.3, -0.25) is 14.2 Å². The summed E-state index contributed by atoms with van der Waals surface area (Å²) in [6, 6.07) is 29.5. The minimum atomic E-state index is -0.693. The lowest BCUT2D eigenvalue weighted by atomic mass is 9.95. The number of aryl methyl sites for hydroxylation is 1. The first-order chi connectivity index (χ1) is 22.4. The number of methoxy groups -OCH3 is 2. The van der Waals surface area contributed by atoms with Crippen molar-refractivity contribution in [3.63, 3.8) is 0 Å². The van der Waals surface area contributed by atoms with E-state index in [9.17, 15) is 9.59 Å². The number of anilines is 1. The molecule has 1 aliphatic rings. The number of carbonyl (C=O) groups excluding carboxylic acids is 1. The molecule has 9 heteroatoms. The summed E-state index contributed by atoms with van der Waals surface area (Å²) in [5.74, 6) is 1.84. The van der Waals surface area contributed by atoms with E-state index in [0.717, 1.165) is 28.0 Å². The molecule has 1 atom stereocenters. The van der Waals surface area contributed by atoms with Crippen LogP contribution in [0.2, 0.25) is 0 Å². The Kier molecular flexibility index (Phi) is 8.85. The van der Waals surface area contributed by atoms with Gasteiger partial charge < -0.3 is 19.5 Å². The molecule has 0 unspecified atom stereocenters.